The maximum Gasteiger partial charge on any atom is 0.135 e. The molecule has 1 saturated heterocycles. The lowest BCUT2D eigenvalue weighted by Crippen LogP contribution is -2.42. The van der Waals surface area contributed by atoms with Gasteiger partial charge in [0, 0.05) is 26.3 Å². The highest BCUT2D eigenvalue weighted by Gasteiger charge is 2.31. The maximum absolute atomic E-state index is 13.6. The Morgan fingerprint density at radius 1 is 1.42 bits per heavy atom. The Morgan fingerprint density at radius 2 is 2.08 bits per heavy atom. The highest BCUT2D eigenvalue weighted by Crippen LogP contribution is 2.25. The molecule has 4 heteroatoms. The van der Waals surface area contributed by atoms with E-state index in [1.807, 2.05) is 0 Å². The van der Waals surface area contributed by atoms with Crippen LogP contribution in [0.4, 0.5) is 4.39 Å². The van der Waals surface area contributed by atoms with Crippen molar-refractivity contribution in [3.8, 4) is 0 Å². The molecule has 0 bridgehead atoms. The van der Waals surface area contributed by atoms with Crippen LogP contribution in [0.2, 0.25) is 0 Å². The van der Waals surface area contributed by atoms with Crippen molar-refractivity contribution in [2.45, 2.75) is 18.5 Å². The number of alkyl halides is 1. The van der Waals surface area contributed by atoms with Crippen LogP contribution in [0.3, 0.4) is 0 Å². The normalized spacial score (nSPS) is 24.8. The SMILES string of the molecule is NCC(F)(CN)C[C@@H]1CCOC1. The molecule has 1 atom stereocenters. The summed E-state index contributed by atoms with van der Waals surface area (Å²) in [5.41, 5.74) is 9.22. The molecule has 1 fully saturated rings. The zero-order valence-electron chi connectivity index (χ0n) is 7.26. The summed E-state index contributed by atoms with van der Waals surface area (Å²) in [5, 5.41) is 0. The van der Waals surface area contributed by atoms with E-state index >= 15 is 0 Å². The van der Waals surface area contributed by atoms with Gasteiger partial charge in [0.25, 0.3) is 0 Å². The lowest BCUT2D eigenvalue weighted by Gasteiger charge is -2.24. The minimum Gasteiger partial charge on any atom is -0.381 e. The summed E-state index contributed by atoms with van der Waals surface area (Å²) in [5.74, 6) is 0.307. The third kappa shape index (κ3) is 2.40. The van der Waals surface area contributed by atoms with Gasteiger partial charge in [-0.1, -0.05) is 0 Å². The fraction of sp³-hybridized carbons (Fsp3) is 1.00. The van der Waals surface area contributed by atoms with Crippen LogP contribution in [0.25, 0.3) is 0 Å². The van der Waals surface area contributed by atoms with Crippen LogP contribution >= 0.6 is 0 Å². The van der Waals surface area contributed by atoms with Crippen molar-refractivity contribution in [2.75, 3.05) is 26.3 Å². The van der Waals surface area contributed by atoms with Crippen molar-refractivity contribution < 1.29 is 9.13 Å². The number of ether oxygens (including phenoxy) is 1. The first-order valence-electron chi connectivity index (χ1n) is 4.37. The second kappa shape index (κ2) is 4.16. The predicted octanol–water partition coefficient (Wildman–Crippen LogP) is 0.0387. The molecular formula is C8H17FN2O. The number of nitrogens with two attached hydrogens (primary N) is 2. The quantitative estimate of drug-likeness (QED) is 0.635. The van der Waals surface area contributed by atoms with Crippen molar-refractivity contribution in [3.05, 3.63) is 0 Å². The van der Waals surface area contributed by atoms with Gasteiger partial charge >= 0.3 is 0 Å². The van der Waals surface area contributed by atoms with Crippen LogP contribution in [0.15, 0.2) is 0 Å². The van der Waals surface area contributed by atoms with Gasteiger partial charge in [0.2, 0.25) is 0 Å². The predicted molar refractivity (Wildman–Crippen MR) is 45.5 cm³/mol. The molecule has 0 amide bonds. The van der Waals surface area contributed by atoms with E-state index in [2.05, 4.69) is 0 Å². The molecule has 0 spiro atoms. The van der Waals surface area contributed by atoms with Crippen molar-refractivity contribution in [2.24, 2.45) is 17.4 Å². The molecule has 12 heavy (non-hydrogen) atoms. The average Bonchev–Trinajstić information content (AvgIpc) is 2.57. The Kier molecular flexibility index (Phi) is 3.43. The number of hydrogen-bond acceptors (Lipinski definition) is 3. The molecule has 4 N–H and O–H groups in total. The van der Waals surface area contributed by atoms with E-state index in [1.54, 1.807) is 0 Å². The van der Waals surface area contributed by atoms with Crippen LogP contribution in [0.5, 0.6) is 0 Å². The van der Waals surface area contributed by atoms with Gasteiger partial charge in [-0.25, -0.2) is 4.39 Å². The van der Waals surface area contributed by atoms with E-state index in [0.29, 0.717) is 18.9 Å². The lowest BCUT2D eigenvalue weighted by molar-refractivity contribution is 0.125. The van der Waals surface area contributed by atoms with Gasteiger partial charge < -0.3 is 16.2 Å². The molecule has 1 rings (SSSR count). The van der Waals surface area contributed by atoms with Gasteiger partial charge in [0.15, 0.2) is 0 Å². The van der Waals surface area contributed by atoms with Gasteiger partial charge in [0.05, 0.1) is 0 Å². The molecule has 0 aromatic rings. The van der Waals surface area contributed by atoms with Gasteiger partial charge in [0.1, 0.15) is 5.67 Å². The first-order chi connectivity index (χ1) is 5.70. The third-order valence-corrected chi connectivity index (χ3v) is 2.41. The van der Waals surface area contributed by atoms with E-state index in [4.69, 9.17) is 16.2 Å². The number of halogens is 1. The average molecular weight is 176 g/mol. The van der Waals surface area contributed by atoms with E-state index < -0.39 is 5.67 Å². The summed E-state index contributed by atoms with van der Waals surface area (Å²) in [7, 11) is 0. The Balaban J connectivity index is 2.35. The van der Waals surface area contributed by atoms with E-state index in [0.717, 1.165) is 13.0 Å². The van der Waals surface area contributed by atoms with Gasteiger partial charge in [-0.2, -0.15) is 0 Å². The number of hydrogen-bond donors (Lipinski definition) is 2. The number of rotatable bonds is 4. The van der Waals surface area contributed by atoms with E-state index in [-0.39, 0.29) is 13.1 Å². The molecule has 0 aliphatic carbocycles. The fourth-order valence-electron chi connectivity index (χ4n) is 1.51. The molecule has 72 valence electrons. The van der Waals surface area contributed by atoms with Crippen molar-refractivity contribution >= 4 is 0 Å². The monoisotopic (exact) mass is 176 g/mol. The first-order valence-corrected chi connectivity index (χ1v) is 4.37. The van der Waals surface area contributed by atoms with Crippen LogP contribution in [-0.2, 0) is 4.74 Å². The third-order valence-electron chi connectivity index (χ3n) is 2.41. The van der Waals surface area contributed by atoms with Crippen LogP contribution in [0.1, 0.15) is 12.8 Å². The molecule has 0 radical (unpaired) electrons. The minimum absolute atomic E-state index is 0.0139. The second-order valence-electron chi connectivity index (χ2n) is 3.49. The van der Waals surface area contributed by atoms with Crippen LogP contribution in [0, 0.1) is 5.92 Å². The topological polar surface area (TPSA) is 61.3 Å². The Bertz CT molecular complexity index is 133. The Hall–Kier alpha value is -0.190. The molecule has 0 saturated carbocycles. The van der Waals surface area contributed by atoms with Crippen molar-refractivity contribution in [1.29, 1.82) is 0 Å². The zero-order valence-corrected chi connectivity index (χ0v) is 7.26. The molecule has 1 heterocycles. The first kappa shape index (κ1) is 9.89. The molecular weight excluding hydrogens is 159 g/mol. The van der Waals surface area contributed by atoms with E-state index in [1.165, 1.54) is 0 Å². The van der Waals surface area contributed by atoms with Crippen molar-refractivity contribution in [1.82, 2.24) is 0 Å². The highest BCUT2D eigenvalue weighted by atomic mass is 19.1. The molecule has 0 unspecified atom stereocenters. The summed E-state index contributed by atoms with van der Waals surface area (Å²) < 4.78 is 18.7. The van der Waals surface area contributed by atoms with Gasteiger partial charge in [-0.15, -0.1) is 0 Å². The van der Waals surface area contributed by atoms with Crippen LogP contribution in [-0.4, -0.2) is 32.0 Å². The molecule has 0 aromatic carbocycles. The summed E-state index contributed by atoms with van der Waals surface area (Å²) in [4.78, 5) is 0. The fourth-order valence-corrected chi connectivity index (χ4v) is 1.51. The Labute approximate surface area is 72.2 Å². The molecule has 1 aliphatic rings. The summed E-state index contributed by atoms with van der Waals surface area (Å²) in [6.07, 6.45) is 1.38. The molecule has 1 aliphatic heterocycles. The maximum atomic E-state index is 13.6. The molecule has 3 nitrogen and oxygen atoms in total. The second-order valence-corrected chi connectivity index (χ2v) is 3.49. The van der Waals surface area contributed by atoms with Gasteiger partial charge in [-0.3, -0.25) is 0 Å². The van der Waals surface area contributed by atoms with Crippen molar-refractivity contribution in [3.63, 3.8) is 0 Å². The van der Waals surface area contributed by atoms with Crippen LogP contribution < -0.4 is 11.5 Å². The van der Waals surface area contributed by atoms with Gasteiger partial charge in [-0.05, 0) is 18.8 Å². The minimum atomic E-state index is -1.38. The zero-order chi connectivity index (χ0) is 9.03. The summed E-state index contributed by atoms with van der Waals surface area (Å²) >= 11 is 0. The lowest BCUT2D eigenvalue weighted by atomic mass is 9.91. The highest BCUT2D eigenvalue weighted by molar-refractivity contribution is 4.85. The molecule has 0 aromatic heterocycles. The standard InChI is InChI=1S/C8H17FN2O/c9-8(5-10,6-11)3-7-1-2-12-4-7/h7H,1-6,10-11H2/t7-/m0/s1. The largest absolute Gasteiger partial charge is 0.381 e. The summed E-state index contributed by atoms with van der Waals surface area (Å²) in [6, 6.07) is 0. The smallest absolute Gasteiger partial charge is 0.135 e. The van der Waals surface area contributed by atoms with E-state index in [9.17, 15) is 4.39 Å². The summed E-state index contributed by atoms with van der Waals surface area (Å²) in [6.45, 7) is 1.43. The Morgan fingerprint density at radius 3 is 2.50 bits per heavy atom.